The van der Waals surface area contributed by atoms with Crippen LogP contribution >= 0.6 is 11.3 Å². The summed E-state index contributed by atoms with van der Waals surface area (Å²) in [6.45, 7) is 2.36. The minimum absolute atomic E-state index is 0.241. The Balaban J connectivity index is 1.57. The normalized spacial score (nSPS) is 15.9. The Hall–Kier alpha value is -2.53. The average molecular weight is 447 g/mol. The Kier molecular flexibility index (Phi) is 5.74. The molecule has 0 saturated carbocycles. The van der Waals surface area contributed by atoms with E-state index in [4.69, 9.17) is 4.74 Å². The zero-order chi connectivity index (χ0) is 21.3. The third-order valence-corrected chi connectivity index (χ3v) is 7.86. The molecule has 1 aliphatic heterocycles. The lowest BCUT2D eigenvalue weighted by Crippen LogP contribution is -2.46. The van der Waals surface area contributed by atoms with E-state index in [1.54, 1.807) is 42.5 Å². The molecule has 1 amide bonds. The van der Waals surface area contributed by atoms with Crippen LogP contribution in [0.15, 0.2) is 47.4 Å². The van der Waals surface area contributed by atoms with Gasteiger partial charge in [-0.05, 0) is 37.4 Å². The molecule has 10 heteroatoms. The van der Waals surface area contributed by atoms with E-state index >= 15 is 0 Å². The van der Waals surface area contributed by atoms with E-state index in [2.05, 4.69) is 15.2 Å². The zero-order valence-corrected chi connectivity index (χ0v) is 18.3. The standard InChI is InChI=1S/C20H22N4O4S2/c1-23-9-11-24(12-10-23)30(26,27)14-7-8-16-18(13-14)29-20(21-16)22-19(25)15-5-3-4-6-17(15)28-2/h3-8,13H,9-12H2,1-2H3,(H,21,22,25). The predicted octanol–water partition coefficient (Wildman–Crippen LogP) is 2.49. The zero-order valence-electron chi connectivity index (χ0n) is 16.7. The number of fused-ring (bicyclic) bond motifs is 1. The van der Waals surface area contributed by atoms with Crippen LogP contribution in [0, 0.1) is 0 Å². The van der Waals surface area contributed by atoms with E-state index in [0.717, 1.165) is 0 Å². The van der Waals surface area contributed by atoms with Gasteiger partial charge >= 0.3 is 0 Å². The number of piperazine rings is 1. The number of sulfonamides is 1. The van der Waals surface area contributed by atoms with Gasteiger partial charge in [-0.25, -0.2) is 13.4 Å². The van der Waals surface area contributed by atoms with Crippen LogP contribution in [0.2, 0.25) is 0 Å². The van der Waals surface area contributed by atoms with Gasteiger partial charge in [-0.2, -0.15) is 4.31 Å². The van der Waals surface area contributed by atoms with Crippen molar-refractivity contribution < 1.29 is 17.9 Å². The van der Waals surface area contributed by atoms with Gasteiger partial charge in [-0.15, -0.1) is 0 Å². The van der Waals surface area contributed by atoms with Crippen molar-refractivity contribution in [3.8, 4) is 5.75 Å². The number of carbonyl (C=O) groups is 1. The number of anilines is 1. The Labute approximate surface area is 179 Å². The van der Waals surface area contributed by atoms with Gasteiger partial charge in [0, 0.05) is 26.2 Å². The van der Waals surface area contributed by atoms with Crippen molar-refractivity contribution in [1.82, 2.24) is 14.2 Å². The lowest BCUT2D eigenvalue weighted by atomic mass is 10.2. The summed E-state index contributed by atoms with van der Waals surface area (Å²) < 4.78 is 33.4. The van der Waals surface area contributed by atoms with Crippen molar-refractivity contribution >= 4 is 42.6 Å². The van der Waals surface area contributed by atoms with Gasteiger partial charge in [0.05, 0.1) is 27.8 Å². The number of likely N-dealkylation sites (N-methyl/N-ethyl adjacent to an activating group) is 1. The highest BCUT2D eigenvalue weighted by molar-refractivity contribution is 7.89. The molecule has 1 aliphatic rings. The average Bonchev–Trinajstić information content (AvgIpc) is 3.15. The molecule has 1 fully saturated rings. The number of hydrogen-bond acceptors (Lipinski definition) is 7. The van der Waals surface area contributed by atoms with Crippen molar-refractivity contribution in [1.29, 1.82) is 0 Å². The summed E-state index contributed by atoms with van der Waals surface area (Å²) in [6, 6.07) is 11.8. The third kappa shape index (κ3) is 4.04. The van der Waals surface area contributed by atoms with Gasteiger partial charge in [0.25, 0.3) is 5.91 Å². The number of amides is 1. The second-order valence-corrected chi connectivity index (χ2v) is 9.98. The van der Waals surface area contributed by atoms with Gasteiger partial charge in [-0.1, -0.05) is 23.5 Å². The highest BCUT2D eigenvalue weighted by Crippen LogP contribution is 2.30. The Morgan fingerprint density at radius 3 is 2.60 bits per heavy atom. The molecule has 0 unspecified atom stereocenters. The fraction of sp³-hybridized carbons (Fsp3) is 0.300. The first-order chi connectivity index (χ1) is 14.4. The van der Waals surface area contributed by atoms with Gasteiger partial charge in [0.1, 0.15) is 5.75 Å². The Morgan fingerprint density at radius 1 is 1.13 bits per heavy atom. The Bertz CT molecular complexity index is 1180. The van der Waals surface area contributed by atoms with Crippen molar-refractivity contribution in [3.63, 3.8) is 0 Å². The molecule has 4 rings (SSSR count). The number of thiazole rings is 1. The number of rotatable bonds is 5. The minimum Gasteiger partial charge on any atom is -0.496 e. The molecule has 30 heavy (non-hydrogen) atoms. The molecule has 1 saturated heterocycles. The van der Waals surface area contributed by atoms with Crippen molar-refractivity contribution in [2.75, 3.05) is 45.7 Å². The summed E-state index contributed by atoms with van der Waals surface area (Å²) in [5.41, 5.74) is 1.03. The third-order valence-electron chi connectivity index (χ3n) is 5.03. The first-order valence-corrected chi connectivity index (χ1v) is 11.7. The van der Waals surface area contributed by atoms with E-state index in [-0.39, 0.29) is 10.8 Å². The van der Waals surface area contributed by atoms with Crippen LogP contribution in [-0.2, 0) is 10.0 Å². The molecule has 1 N–H and O–H groups in total. The molecule has 0 atom stereocenters. The van der Waals surface area contributed by atoms with E-state index in [1.807, 2.05) is 7.05 Å². The maximum Gasteiger partial charge on any atom is 0.261 e. The van der Waals surface area contributed by atoms with E-state index in [9.17, 15) is 13.2 Å². The van der Waals surface area contributed by atoms with Crippen LogP contribution < -0.4 is 10.1 Å². The highest BCUT2D eigenvalue weighted by Gasteiger charge is 2.28. The largest absolute Gasteiger partial charge is 0.496 e. The SMILES string of the molecule is COc1ccccc1C(=O)Nc1nc2ccc(S(=O)(=O)N3CCN(C)CC3)cc2s1. The number of ether oxygens (including phenoxy) is 1. The Morgan fingerprint density at radius 2 is 1.87 bits per heavy atom. The second kappa shape index (κ2) is 8.31. The number of nitrogens with zero attached hydrogens (tertiary/aromatic N) is 3. The molecule has 1 aromatic heterocycles. The molecule has 3 aromatic rings. The first-order valence-electron chi connectivity index (χ1n) is 9.42. The fourth-order valence-electron chi connectivity index (χ4n) is 3.29. The van der Waals surface area contributed by atoms with Gasteiger partial charge in [-0.3, -0.25) is 10.1 Å². The van der Waals surface area contributed by atoms with Crippen LogP contribution in [0.4, 0.5) is 5.13 Å². The summed E-state index contributed by atoms with van der Waals surface area (Å²) >= 11 is 1.24. The number of para-hydroxylation sites is 1. The lowest BCUT2D eigenvalue weighted by Gasteiger charge is -2.31. The molecule has 8 nitrogen and oxygen atoms in total. The fourth-order valence-corrected chi connectivity index (χ4v) is 5.72. The minimum atomic E-state index is -3.56. The molecule has 0 spiro atoms. The number of hydrogen-bond donors (Lipinski definition) is 1. The number of nitrogens with one attached hydrogen (secondary N) is 1. The molecular formula is C20H22N4O4S2. The summed E-state index contributed by atoms with van der Waals surface area (Å²) in [5.74, 6) is 0.133. The number of aromatic nitrogens is 1. The maximum absolute atomic E-state index is 13.0. The molecular weight excluding hydrogens is 424 g/mol. The highest BCUT2D eigenvalue weighted by atomic mass is 32.2. The molecule has 0 aliphatic carbocycles. The van der Waals surface area contributed by atoms with Crippen molar-refractivity contribution in [2.24, 2.45) is 0 Å². The van der Waals surface area contributed by atoms with Crippen molar-refractivity contribution in [3.05, 3.63) is 48.0 Å². The van der Waals surface area contributed by atoms with Crippen molar-refractivity contribution in [2.45, 2.75) is 4.90 Å². The van der Waals surface area contributed by atoms with Gasteiger partial charge in [0.15, 0.2) is 5.13 Å². The number of carbonyl (C=O) groups excluding carboxylic acids is 1. The van der Waals surface area contributed by atoms with Crippen LogP contribution in [0.3, 0.4) is 0 Å². The van der Waals surface area contributed by atoms with E-state index < -0.39 is 10.0 Å². The summed E-state index contributed by atoms with van der Waals surface area (Å²) in [6.07, 6.45) is 0. The summed E-state index contributed by atoms with van der Waals surface area (Å²) in [5, 5.41) is 3.17. The van der Waals surface area contributed by atoms with E-state index in [0.29, 0.717) is 52.8 Å². The molecule has 2 heterocycles. The topological polar surface area (TPSA) is 91.8 Å². The van der Waals surface area contributed by atoms with Gasteiger partial charge < -0.3 is 9.64 Å². The van der Waals surface area contributed by atoms with Gasteiger partial charge in [0.2, 0.25) is 10.0 Å². The molecule has 0 bridgehead atoms. The molecule has 0 radical (unpaired) electrons. The smallest absolute Gasteiger partial charge is 0.261 e. The summed E-state index contributed by atoms with van der Waals surface area (Å²) in [7, 11) is -0.0746. The lowest BCUT2D eigenvalue weighted by molar-refractivity contribution is 0.102. The van der Waals surface area contributed by atoms with Crippen LogP contribution in [0.5, 0.6) is 5.75 Å². The number of benzene rings is 2. The van der Waals surface area contributed by atoms with Crippen LogP contribution in [-0.4, -0.2) is 68.9 Å². The monoisotopic (exact) mass is 446 g/mol. The second-order valence-electron chi connectivity index (χ2n) is 7.01. The maximum atomic E-state index is 13.0. The molecule has 158 valence electrons. The van der Waals surface area contributed by atoms with E-state index in [1.165, 1.54) is 22.8 Å². The molecule has 2 aromatic carbocycles. The predicted molar refractivity (Wildman–Crippen MR) is 117 cm³/mol. The summed E-state index contributed by atoms with van der Waals surface area (Å²) in [4.78, 5) is 19.4. The van der Waals surface area contributed by atoms with Crippen LogP contribution in [0.1, 0.15) is 10.4 Å². The quantitative estimate of drug-likeness (QED) is 0.648. The number of methoxy groups -OCH3 is 1. The first kappa shape index (κ1) is 20.7. The van der Waals surface area contributed by atoms with Crippen LogP contribution in [0.25, 0.3) is 10.2 Å².